The van der Waals surface area contributed by atoms with Crippen molar-refractivity contribution in [1.29, 1.82) is 5.26 Å². The number of hydrogen-bond donors (Lipinski definition) is 2. The fourth-order valence-electron chi connectivity index (χ4n) is 1.90. The van der Waals surface area contributed by atoms with Crippen LogP contribution in [-0.4, -0.2) is 10.1 Å². The van der Waals surface area contributed by atoms with Gasteiger partial charge in [0.2, 0.25) is 0 Å². The zero-order valence-electron chi connectivity index (χ0n) is 10.7. The lowest BCUT2D eigenvalue weighted by atomic mass is 9.87. The van der Waals surface area contributed by atoms with Crippen LogP contribution in [0.25, 0.3) is 0 Å². The van der Waals surface area contributed by atoms with E-state index in [1.807, 2.05) is 44.2 Å². The van der Waals surface area contributed by atoms with Crippen molar-refractivity contribution in [3.8, 4) is 6.07 Å². The Morgan fingerprint density at radius 3 is 2.56 bits per heavy atom. The molecule has 0 aliphatic carbocycles. The Hall–Kier alpha value is -1.44. The van der Waals surface area contributed by atoms with Crippen LogP contribution in [0, 0.1) is 11.3 Å². The van der Waals surface area contributed by atoms with Crippen LogP contribution >= 0.6 is 12.2 Å². The van der Waals surface area contributed by atoms with Crippen LogP contribution in [0.4, 0.5) is 5.69 Å². The van der Waals surface area contributed by atoms with Crippen molar-refractivity contribution in [3.05, 3.63) is 29.8 Å². The van der Waals surface area contributed by atoms with E-state index in [0.29, 0.717) is 17.8 Å². The molecule has 0 spiro atoms. The Kier molecular flexibility index (Phi) is 5.26. The second-order valence-corrected chi connectivity index (χ2v) is 4.66. The monoisotopic (exact) mass is 262 g/mol. The topological polar surface area (TPSA) is 56.0 Å². The highest BCUT2D eigenvalue weighted by molar-refractivity contribution is 7.80. The molecule has 0 aliphatic rings. The number of nitrogens with zero attached hydrogens (tertiary/aromatic N) is 1. The molecule has 0 saturated carbocycles. The van der Waals surface area contributed by atoms with Gasteiger partial charge in [0, 0.05) is 11.3 Å². The standard InChI is InChI=1S/C14H18N2OS/c1-3-14(17,4-2)11-7-5-6-8-12(11)16-13(18)9-10-15/h5-8,17H,3-4,9H2,1-2H3,(H,16,18). The van der Waals surface area contributed by atoms with Crippen molar-refractivity contribution in [2.24, 2.45) is 0 Å². The fraction of sp³-hybridized carbons (Fsp3) is 0.429. The van der Waals surface area contributed by atoms with E-state index in [0.717, 1.165) is 11.3 Å². The molecule has 0 fully saturated rings. The Morgan fingerprint density at radius 2 is 2.00 bits per heavy atom. The first-order valence-corrected chi connectivity index (χ1v) is 6.47. The van der Waals surface area contributed by atoms with Gasteiger partial charge in [0.15, 0.2) is 0 Å². The molecule has 1 rings (SSSR count). The molecule has 0 unspecified atom stereocenters. The maximum absolute atomic E-state index is 10.6. The van der Waals surface area contributed by atoms with Crippen molar-refractivity contribution >= 4 is 22.9 Å². The van der Waals surface area contributed by atoms with Crippen molar-refractivity contribution < 1.29 is 5.11 Å². The minimum absolute atomic E-state index is 0.181. The van der Waals surface area contributed by atoms with Crippen LogP contribution in [0.2, 0.25) is 0 Å². The lowest BCUT2D eigenvalue weighted by Gasteiger charge is -2.28. The fourth-order valence-corrected chi connectivity index (χ4v) is 2.07. The van der Waals surface area contributed by atoms with Crippen molar-refractivity contribution in [1.82, 2.24) is 0 Å². The lowest BCUT2D eigenvalue weighted by Crippen LogP contribution is -2.25. The molecule has 0 atom stereocenters. The molecule has 0 bridgehead atoms. The third-order valence-electron chi connectivity index (χ3n) is 3.11. The van der Waals surface area contributed by atoms with Gasteiger partial charge in [-0.2, -0.15) is 5.26 Å². The van der Waals surface area contributed by atoms with Gasteiger partial charge in [0.25, 0.3) is 0 Å². The van der Waals surface area contributed by atoms with Crippen LogP contribution in [0.1, 0.15) is 38.7 Å². The summed E-state index contributed by atoms with van der Waals surface area (Å²) in [6, 6.07) is 9.55. The predicted molar refractivity (Wildman–Crippen MR) is 77.4 cm³/mol. The van der Waals surface area contributed by atoms with E-state index in [1.165, 1.54) is 0 Å². The SMILES string of the molecule is CCC(O)(CC)c1ccccc1NC(=S)CC#N. The number of anilines is 1. The average molecular weight is 262 g/mol. The Labute approximate surface area is 113 Å². The Bertz CT molecular complexity index is 461. The summed E-state index contributed by atoms with van der Waals surface area (Å²) < 4.78 is 0. The molecule has 0 radical (unpaired) electrons. The minimum atomic E-state index is -0.855. The smallest absolute Gasteiger partial charge is 0.0940 e. The van der Waals surface area contributed by atoms with E-state index in [4.69, 9.17) is 17.5 Å². The van der Waals surface area contributed by atoms with Gasteiger partial charge in [-0.25, -0.2) is 0 Å². The van der Waals surface area contributed by atoms with E-state index in [9.17, 15) is 5.11 Å². The van der Waals surface area contributed by atoms with Gasteiger partial charge in [-0.15, -0.1) is 0 Å². The minimum Gasteiger partial charge on any atom is -0.385 e. The summed E-state index contributed by atoms with van der Waals surface area (Å²) in [7, 11) is 0. The van der Waals surface area contributed by atoms with E-state index in [2.05, 4.69) is 5.32 Å². The summed E-state index contributed by atoms with van der Waals surface area (Å²) in [5, 5.41) is 22.2. The first-order valence-electron chi connectivity index (χ1n) is 6.06. The third kappa shape index (κ3) is 3.28. The normalized spacial score (nSPS) is 10.8. The highest BCUT2D eigenvalue weighted by Crippen LogP contribution is 2.33. The first kappa shape index (κ1) is 14.6. The molecule has 0 saturated heterocycles. The van der Waals surface area contributed by atoms with Crippen molar-refractivity contribution in [2.45, 2.75) is 38.7 Å². The van der Waals surface area contributed by atoms with Gasteiger partial charge in [-0.05, 0) is 18.9 Å². The predicted octanol–water partition coefficient (Wildman–Crippen LogP) is 3.35. The maximum Gasteiger partial charge on any atom is 0.0940 e. The van der Waals surface area contributed by atoms with Gasteiger partial charge in [0.05, 0.1) is 23.1 Å². The summed E-state index contributed by atoms with van der Waals surface area (Å²) >= 11 is 5.07. The molecule has 0 aromatic heterocycles. The molecule has 1 aromatic rings. The van der Waals surface area contributed by atoms with Crippen LogP contribution in [0.5, 0.6) is 0 Å². The van der Waals surface area contributed by atoms with E-state index in [1.54, 1.807) is 0 Å². The molecule has 4 heteroatoms. The highest BCUT2D eigenvalue weighted by atomic mass is 32.1. The van der Waals surface area contributed by atoms with Crippen LogP contribution in [0.3, 0.4) is 0 Å². The molecule has 1 aromatic carbocycles. The van der Waals surface area contributed by atoms with Gasteiger partial charge >= 0.3 is 0 Å². The van der Waals surface area contributed by atoms with Crippen LogP contribution < -0.4 is 5.32 Å². The van der Waals surface area contributed by atoms with Crippen molar-refractivity contribution in [2.75, 3.05) is 5.32 Å². The molecule has 2 N–H and O–H groups in total. The second-order valence-electron chi connectivity index (χ2n) is 4.17. The highest BCUT2D eigenvalue weighted by Gasteiger charge is 2.27. The number of rotatable bonds is 5. The molecule has 18 heavy (non-hydrogen) atoms. The lowest BCUT2D eigenvalue weighted by molar-refractivity contribution is 0.0291. The van der Waals surface area contributed by atoms with E-state index in [-0.39, 0.29) is 6.42 Å². The molecular formula is C14H18N2OS. The maximum atomic E-state index is 10.6. The zero-order chi connectivity index (χ0) is 13.6. The Morgan fingerprint density at radius 1 is 1.39 bits per heavy atom. The van der Waals surface area contributed by atoms with Crippen molar-refractivity contribution in [3.63, 3.8) is 0 Å². The van der Waals surface area contributed by atoms with Crippen LogP contribution in [-0.2, 0) is 5.60 Å². The largest absolute Gasteiger partial charge is 0.385 e. The van der Waals surface area contributed by atoms with E-state index < -0.39 is 5.60 Å². The second kappa shape index (κ2) is 6.48. The average Bonchev–Trinajstić information content (AvgIpc) is 2.39. The van der Waals surface area contributed by atoms with Gasteiger partial charge < -0.3 is 10.4 Å². The zero-order valence-corrected chi connectivity index (χ0v) is 11.5. The van der Waals surface area contributed by atoms with Crippen LogP contribution in [0.15, 0.2) is 24.3 Å². The van der Waals surface area contributed by atoms with Gasteiger partial charge in [0.1, 0.15) is 0 Å². The number of benzene rings is 1. The van der Waals surface area contributed by atoms with Gasteiger partial charge in [-0.1, -0.05) is 44.3 Å². The number of aliphatic hydroxyl groups is 1. The summed E-state index contributed by atoms with van der Waals surface area (Å²) in [5.74, 6) is 0. The number of nitrogens with one attached hydrogen (secondary N) is 1. The summed E-state index contributed by atoms with van der Waals surface area (Å²) in [4.78, 5) is 0.472. The number of nitriles is 1. The first-order chi connectivity index (χ1) is 8.57. The molecule has 96 valence electrons. The number of para-hydroxylation sites is 1. The molecule has 0 aliphatic heterocycles. The van der Waals surface area contributed by atoms with E-state index >= 15 is 0 Å². The summed E-state index contributed by atoms with van der Waals surface area (Å²) in [5.41, 5.74) is 0.755. The summed E-state index contributed by atoms with van der Waals surface area (Å²) in [6.07, 6.45) is 1.45. The molecule has 0 amide bonds. The van der Waals surface area contributed by atoms with Gasteiger partial charge in [-0.3, -0.25) is 0 Å². The number of hydrogen-bond acceptors (Lipinski definition) is 3. The Balaban J connectivity index is 3.07. The third-order valence-corrected chi connectivity index (χ3v) is 3.36. The molecular weight excluding hydrogens is 244 g/mol. The molecule has 0 heterocycles. The quantitative estimate of drug-likeness (QED) is 0.799. The summed E-state index contributed by atoms with van der Waals surface area (Å²) in [6.45, 7) is 3.90. The molecule has 3 nitrogen and oxygen atoms in total. The number of thiocarbonyl (C=S) groups is 1.